The highest BCUT2D eigenvalue weighted by Crippen LogP contribution is 2.30. The summed E-state index contributed by atoms with van der Waals surface area (Å²) >= 11 is 0. The Balaban J connectivity index is 2.29. The van der Waals surface area contributed by atoms with Gasteiger partial charge in [0.25, 0.3) is 11.7 Å². The Hall–Kier alpha value is -1.75. The third-order valence-electron chi connectivity index (χ3n) is 2.88. The molecule has 1 aromatic rings. The molecule has 0 atom stereocenters. The van der Waals surface area contributed by atoms with Crippen molar-refractivity contribution in [1.29, 1.82) is 0 Å². The third kappa shape index (κ3) is 2.26. The molecule has 1 aromatic carbocycles. The number of Topliss-reactive ketones (excluding diaryl/α,β-unsaturated/α-hetero) is 1. The van der Waals surface area contributed by atoms with Crippen molar-refractivity contribution in [3.8, 4) is 0 Å². The molecule has 0 bridgehead atoms. The number of carbonyl (C=O) groups is 2. The first-order chi connectivity index (χ1) is 8.29. The topological polar surface area (TPSA) is 57.6 Å². The highest BCUT2D eigenvalue weighted by Gasteiger charge is 2.36. The van der Waals surface area contributed by atoms with E-state index in [9.17, 15) is 19.1 Å². The number of benzene rings is 1. The number of rotatable bonds is 3. The van der Waals surface area contributed by atoms with Crippen LogP contribution in [-0.2, 0) is 4.79 Å². The van der Waals surface area contributed by atoms with E-state index in [1.807, 2.05) is 0 Å². The molecule has 4 nitrogen and oxygen atoms in total. The summed E-state index contributed by atoms with van der Waals surface area (Å²) in [6.07, 6.45) is 0.336. The van der Waals surface area contributed by atoms with Crippen LogP contribution in [-0.4, -0.2) is 28.9 Å². The number of aliphatic hydroxyl groups is 1. The van der Waals surface area contributed by atoms with Gasteiger partial charge in [-0.2, -0.15) is 0 Å². The molecule has 0 saturated carbocycles. The second-order valence-electron chi connectivity index (χ2n) is 5.01. The molecule has 1 aliphatic heterocycles. The Morgan fingerprint density at radius 2 is 2.00 bits per heavy atom. The molecule has 1 aliphatic rings. The number of hydrogen-bond acceptors (Lipinski definition) is 3. The first kappa shape index (κ1) is 12.7. The third-order valence-corrected chi connectivity index (χ3v) is 2.88. The van der Waals surface area contributed by atoms with E-state index < -0.39 is 23.1 Å². The van der Waals surface area contributed by atoms with Crippen molar-refractivity contribution in [2.75, 3.05) is 11.4 Å². The Bertz CT molecular complexity index is 519. The van der Waals surface area contributed by atoms with E-state index in [1.165, 1.54) is 17.0 Å². The smallest absolute Gasteiger partial charge is 0.299 e. The van der Waals surface area contributed by atoms with Gasteiger partial charge in [0.05, 0.1) is 16.9 Å². The maximum absolute atomic E-state index is 13.0. The molecule has 1 heterocycles. The summed E-state index contributed by atoms with van der Waals surface area (Å²) < 4.78 is 13.0. The van der Waals surface area contributed by atoms with Gasteiger partial charge in [-0.3, -0.25) is 9.59 Å². The number of ketones is 1. The first-order valence-electron chi connectivity index (χ1n) is 5.68. The maximum Gasteiger partial charge on any atom is 0.299 e. The van der Waals surface area contributed by atoms with Gasteiger partial charge in [-0.25, -0.2) is 4.39 Å². The molecular weight excluding hydrogens is 237 g/mol. The van der Waals surface area contributed by atoms with Crippen LogP contribution in [0.5, 0.6) is 0 Å². The van der Waals surface area contributed by atoms with Crippen molar-refractivity contribution >= 4 is 17.4 Å². The average Bonchev–Trinajstić information content (AvgIpc) is 2.49. The van der Waals surface area contributed by atoms with Crippen molar-refractivity contribution in [1.82, 2.24) is 0 Å². The number of anilines is 1. The lowest BCUT2D eigenvalue weighted by Gasteiger charge is -2.22. The van der Waals surface area contributed by atoms with Crippen molar-refractivity contribution in [2.24, 2.45) is 0 Å². The van der Waals surface area contributed by atoms with Crippen LogP contribution < -0.4 is 4.90 Å². The zero-order chi connectivity index (χ0) is 13.5. The minimum Gasteiger partial charge on any atom is -0.390 e. The highest BCUT2D eigenvalue weighted by atomic mass is 19.1. The molecule has 0 spiro atoms. The number of nitrogens with zero attached hydrogens (tertiary/aromatic N) is 1. The molecular formula is C13H14FNO3. The van der Waals surface area contributed by atoms with Gasteiger partial charge in [0.2, 0.25) is 0 Å². The van der Waals surface area contributed by atoms with Crippen LogP contribution in [0.1, 0.15) is 30.6 Å². The Kier molecular flexibility index (Phi) is 2.94. The SMILES string of the molecule is CC(C)(O)CCN1C(=O)C(=O)c2cc(F)ccc21. The summed E-state index contributed by atoms with van der Waals surface area (Å²) in [6.45, 7) is 3.48. The fraction of sp³-hybridized carbons (Fsp3) is 0.385. The number of fused-ring (bicyclic) bond motifs is 1. The van der Waals surface area contributed by atoms with Crippen molar-refractivity contribution in [3.05, 3.63) is 29.6 Å². The number of carbonyl (C=O) groups excluding carboxylic acids is 2. The summed E-state index contributed by atoms with van der Waals surface area (Å²) in [4.78, 5) is 24.7. The number of hydrogen-bond donors (Lipinski definition) is 1. The monoisotopic (exact) mass is 251 g/mol. The summed E-state index contributed by atoms with van der Waals surface area (Å²) in [5, 5.41) is 9.64. The maximum atomic E-state index is 13.0. The second kappa shape index (κ2) is 4.17. The average molecular weight is 251 g/mol. The summed E-state index contributed by atoms with van der Waals surface area (Å²) in [7, 11) is 0. The molecule has 96 valence electrons. The van der Waals surface area contributed by atoms with Crippen LogP contribution in [0.15, 0.2) is 18.2 Å². The second-order valence-corrected chi connectivity index (χ2v) is 5.01. The fourth-order valence-corrected chi connectivity index (χ4v) is 1.88. The Labute approximate surface area is 104 Å². The molecule has 1 amide bonds. The number of amides is 1. The van der Waals surface area contributed by atoms with Gasteiger partial charge in [0.1, 0.15) is 5.82 Å². The quantitative estimate of drug-likeness (QED) is 0.828. The van der Waals surface area contributed by atoms with Gasteiger partial charge in [0.15, 0.2) is 0 Å². The number of halogens is 1. The highest BCUT2D eigenvalue weighted by molar-refractivity contribution is 6.52. The van der Waals surface area contributed by atoms with E-state index in [1.54, 1.807) is 13.8 Å². The Morgan fingerprint density at radius 1 is 1.33 bits per heavy atom. The van der Waals surface area contributed by atoms with E-state index in [0.29, 0.717) is 12.1 Å². The van der Waals surface area contributed by atoms with E-state index in [2.05, 4.69) is 0 Å². The minimum atomic E-state index is -0.924. The van der Waals surface area contributed by atoms with Gasteiger partial charge < -0.3 is 10.0 Å². The lowest BCUT2D eigenvalue weighted by Crippen LogP contribution is -2.34. The van der Waals surface area contributed by atoms with Crippen LogP contribution in [0.25, 0.3) is 0 Å². The normalized spacial score (nSPS) is 15.2. The minimum absolute atomic E-state index is 0.0933. The largest absolute Gasteiger partial charge is 0.390 e. The molecule has 0 saturated heterocycles. The molecule has 0 aromatic heterocycles. The fourth-order valence-electron chi connectivity index (χ4n) is 1.88. The predicted molar refractivity (Wildman–Crippen MR) is 64.0 cm³/mol. The molecule has 18 heavy (non-hydrogen) atoms. The van der Waals surface area contributed by atoms with Crippen LogP contribution in [0.2, 0.25) is 0 Å². The first-order valence-corrected chi connectivity index (χ1v) is 5.68. The zero-order valence-electron chi connectivity index (χ0n) is 10.2. The molecule has 5 heteroatoms. The van der Waals surface area contributed by atoms with Gasteiger partial charge >= 0.3 is 0 Å². The van der Waals surface area contributed by atoms with Crippen LogP contribution in [0.3, 0.4) is 0 Å². The van der Waals surface area contributed by atoms with Gasteiger partial charge in [0, 0.05) is 6.54 Å². The lowest BCUT2D eigenvalue weighted by molar-refractivity contribution is -0.114. The van der Waals surface area contributed by atoms with Gasteiger partial charge in [-0.1, -0.05) is 0 Å². The van der Waals surface area contributed by atoms with Gasteiger partial charge in [-0.05, 0) is 38.5 Å². The lowest BCUT2D eigenvalue weighted by atomic mass is 10.1. The molecule has 0 unspecified atom stereocenters. The Morgan fingerprint density at radius 3 is 2.61 bits per heavy atom. The molecule has 1 N–H and O–H groups in total. The summed E-state index contributed by atoms with van der Waals surface area (Å²) in [5.41, 5.74) is -0.419. The predicted octanol–water partition coefficient (Wildman–Crippen LogP) is 1.52. The zero-order valence-corrected chi connectivity index (χ0v) is 10.2. The van der Waals surface area contributed by atoms with Crippen LogP contribution in [0.4, 0.5) is 10.1 Å². The molecule has 0 fully saturated rings. The molecule has 0 radical (unpaired) electrons. The molecule has 2 rings (SSSR count). The van der Waals surface area contributed by atoms with E-state index in [4.69, 9.17) is 0 Å². The van der Waals surface area contributed by atoms with Gasteiger partial charge in [-0.15, -0.1) is 0 Å². The van der Waals surface area contributed by atoms with E-state index in [-0.39, 0.29) is 12.1 Å². The summed E-state index contributed by atoms with van der Waals surface area (Å²) in [6, 6.07) is 3.69. The van der Waals surface area contributed by atoms with Crippen molar-refractivity contribution in [3.63, 3.8) is 0 Å². The van der Waals surface area contributed by atoms with Crippen molar-refractivity contribution in [2.45, 2.75) is 25.9 Å². The molecule has 0 aliphatic carbocycles. The van der Waals surface area contributed by atoms with Crippen molar-refractivity contribution < 1.29 is 19.1 Å². The van der Waals surface area contributed by atoms with E-state index in [0.717, 1.165) is 6.07 Å². The van der Waals surface area contributed by atoms with E-state index >= 15 is 0 Å². The van der Waals surface area contributed by atoms with Crippen LogP contribution in [0, 0.1) is 5.82 Å². The standard InChI is InChI=1S/C13H14FNO3/c1-13(2,18)5-6-15-10-4-3-8(14)7-9(10)11(16)12(15)17/h3-4,7,18H,5-6H2,1-2H3. The summed E-state index contributed by atoms with van der Waals surface area (Å²) in [5.74, 6) is -1.90. The van der Waals surface area contributed by atoms with Crippen LogP contribution >= 0.6 is 0 Å².